The normalized spacial score (nSPS) is 25.8. The fourth-order valence-corrected chi connectivity index (χ4v) is 2.26. The lowest BCUT2D eigenvalue weighted by Crippen LogP contribution is -2.38. The van der Waals surface area contributed by atoms with Crippen molar-refractivity contribution in [3.63, 3.8) is 0 Å². The first-order valence-corrected chi connectivity index (χ1v) is 6.89. The van der Waals surface area contributed by atoms with Gasteiger partial charge in [-0.15, -0.1) is 0 Å². The molecule has 1 aliphatic rings. The van der Waals surface area contributed by atoms with E-state index in [1.54, 1.807) is 0 Å². The molecule has 2 atom stereocenters. The van der Waals surface area contributed by atoms with Crippen LogP contribution in [0.15, 0.2) is 5.10 Å². The first kappa shape index (κ1) is 15.1. The number of nitrogens with two attached hydrogens (primary N) is 1. The standard InChI is InChI=1S/C13H26N4O/c1-3-16-10(2)9-18-12-8-6-4-5-7-11(14)13(12)17-15/h10,12,14,16H,3-9,15H2,1-2H3/t10-,12?/m1/s1. The summed E-state index contributed by atoms with van der Waals surface area (Å²) in [5, 5.41) is 15.1. The minimum Gasteiger partial charge on any atom is -0.370 e. The molecule has 0 aliphatic heterocycles. The van der Waals surface area contributed by atoms with Crippen LogP contribution in [0.5, 0.6) is 0 Å². The van der Waals surface area contributed by atoms with Gasteiger partial charge in [-0.2, -0.15) is 5.10 Å². The zero-order valence-electron chi connectivity index (χ0n) is 11.5. The van der Waals surface area contributed by atoms with Crippen LogP contribution < -0.4 is 11.2 Å². The number of nitrogens with zero attached hydrogens (tertiary/aromatic N) is 1. The third-order valence-corrected chi connectivity index (χ3v) is 3.25. The molecule has 0 radical (unpaired) electrons. The van der Waals surface area contributed by atoms with Crippen LogP contribution in [0.25, 0.3) is 0 Å². The van der Waals surface area contributed by atoms with E-state index >= 15 is 0 Å². The van der Waals surface area contributed by atoms with Gasteiger partial charge in [0.1, 0.15) is 11.8 Å². The first-order valence-electron chi connectivity index (χ1n) is 6.89. The van der Waals surface area contributed by atoms with E-state index in [9.17, 15) is 0 Å². The van der Waals surface area contributed by atoms with E-state index in [4.69, 9.17) is 16.0 Å². The van der Waals surface area contributed by atoms with E-state index in [0.717, 1.165) is 38.6 Å². The molecule has 0 spiro atoms. The molecule has 5 nitrogen and oxygen atoms in total. The van der Waals surface area contributed by atoms with Crippen LogP contribution in [0.1, 0.15) is 46.0 Å². The Balaban J connectivity index is 2.55. The highest BCUT2D eigenvalue weighted by molar-refractivity contribution is 6.42. The summed E-state index contributed by atoms with van der Waals surface area (Å²) in [4.78, 5) is 0. The van der Waals surface area contributed by atoms with Crippen molar-refractivity contribution in [2.24, 2.45) is 10.9 Å². The lowest BCUT2D eigenvalue weighted by Gasteiger charge is -2.24. The average molecular weight is 254 g/mol. The van der Waals surface area contributed by atoms with Gasteiger partial charge in [0.25, 0.3) is 0 Å². The molecule has 104 valence electrons. The third kappa shape index (κ3) is 4.74. The summed E-state index contributed by atoms with van der Waals surface area (Å²) in [7, 11) is 0. The average Bonchev–Trinajstić information content (AvgIpc) is 2.33. The Kier molecular flexibility index (Phi) is 6.90. The second kappa shape index (κ2) is 8.21. The fraction of sp³-hybridized carbons (Fsp3) is 0.846. The topological polar surface area (TPSA) is 83.5 Å². The number of hydrogen-bond acceptors (Lipinski definition) is 5. The van der Waals surface area contributed by atoms with Crippen molar-refractivity contribution in [2.45, 2.75) is 58.1 Å². The van der Waals surface area contributed by atoms with Crippen LogP contribution in [0.2, 0.25) is 0 Å². The van der Waals surface area contributed by atoms with E-state index in [1.807, 2.05) is 0 Å². The molecule has 0 aromatic rings. The molecular formula is C13H26N4O. The van der Waals surface area contributed by atoms with Crippen LogP contribution in [0.4, 0.5) is 0 Å². The molecule has 5 heteroatoms. The van der Waals surface area contributed by atoms with E-state index in [2.05, 4.69) is 24.3 Å². The zero-order valence-corrected chi connectivity index (χ0v) is 11.5. The van der Waals surface area contributed by atoms with E-state index in [-0.39, 0.29) is 6.10 Å². The van der Waals surface area contributed by atoms with Crippen molar-refractivity contribution >= 4 is 11.4 Å². The van der Waals surface area contributed by atoms with Gasteiger partial charge in [0.15, 0.2) is 0 Å². The van der Waals surface area contributed by atoms with E-state index < -0.39 is 0 Å². The van der Waals surface area contributed by atoms with Crippen molar-refractivity contribution in [2.75, 3.05) is 13.2 Å². The van der Waals surface area contributed by atoms with Crippen molar-refractivity contribution in [3.05, 3.63) is 0 Å². The molecule has 1 aliphatic carbocycles. The summed E-state index contributed by atoms with van der Waals surface area (Å²) < 4.78 is 5.89. The Labute approximate surface area is 110 Å². The number of hydrazone groups is 1. The Bertz CT molecular complexity index is 291. The Morgan fingerprint density at radius 1 is 1.50 bits per heavy atom. The maximum Gasteiger partial charge on any atom is 0.109 e. The van der Waals surface area contributed by atoms with Crippen LogP contribution in [0, 0.1) is 5.41 Å². The van der Waals surface area contributed by atoms with E-state index in [1.165, 1.54) is 0 Å². The molecule has 0 saturated heterocycles. The number of ether oxygens (including phenoxy) is 1. The molecule has 1 fully saturated rings. The minimum atomic E-state index is -0.107. The maximum atomic E-state index is 7.97. The summed E-state index contributed by atoms with van der Waals surface area (Å²) >= 11 is 0. The highest BCUT2D eigenvalue weighted by atomic mass is 16.5. The number of hydrogen-bond donors (Lipinski definition) is 3. The molecule has 1 rings (SSSR count). The predicted octanol–water partition coefficient (Wildman–Crippen LogP) is 1.67. The molecule has 18 heavy (non-hydrogen) atoms. The highest BCUT2D eigenvalue weighted by Gasteiger charge is 2.23. The van der Waals surface area contributed by atoms with Gasteiger partial charge in [-0.25, -0.2) is 0 Å². The van der Waals surface area contributed by atoms with Gasteiger partial charge < -0.3 is 21.3 Å². The lowest BCUT2D eigenvalue weighted by atomic mass is 9.95. The van der Waals surface area contributed by atoms with Crippen molar-refractivity contribution in [1.29, 1.82) is 5.41 Å². The van der Waals surface area contributed by atoms with Gasteiger partial charge in [-0.1, -0.05) is 19.8 Å². The van der Waals surface area contributed by atoms with E-state index in [0.29, 0.717) is 24.1 Å². The van der Waals surface area contributed by atoms with Crippen LogP contribution >= 0.6 is 0 Å². The first-order chi connectivity index (χ1) is 8.69. The second-order valence-electron chi connectivity index (χ2n) is 4.87. The summed E-state index contributed by atoms with van der Waals surface area (Å²) in [5.74, 6) is 5.42. The van der Waals surface area contributed by atoms with Crippen LogP contribution in [-0.2, 0) is 4.74 Å². The molecule has 0 bridgehead atoms. The molecule has 0 heterocycles. The smallest absolute Gasteiger partial charge is 0.109 e. The number of likely N-dealkylation sites (N-methyl/N-ethyl adjacent to an activating group) is 1. The predicted molar refractivity (Wildman–Crippen MR) is 75.3 cm³/mol. The summed E-state index contributed by atoms with van der Waals surface area (Å²) in [6.07, 6.45) is 4.90. The fourth-order valence-electron chi connectivity index (χ4n) is 2.26. The van der Waals surface area contributed by atoms with Crippen molar-refractivity contribution < 1.29 is 4.74 Å². The van der Waals surface area contributed by atoms with Gasteiger partial charge in [0, 0.05) is 6.04 Å². The maximum absolute atomic E-state index is 7.97. The summed E-state index contributed by atoms with van der Waals surface area (Å²) in [6.45, 7) is 5.74. The Morgan fingerprint density at radius 2 is 2.28 bits per heavy atom. The molecule has 0 aromatic heterocycles. The monoisotopic (exact) mass is 254 g/mol. The molecule has 1 unspecified atom stereocenters. The van der Waals surface area contributed by atoms with Crippen molar-refractivity contribution in [1.82, 2.24) is 5.32 Å². The largest absolute Gasteiger partial charge is 0.370 e. The van der Waals surface area contributed by atoms with Crippen LogP contribution in [0.3, 0.4) is 0 Å². The molecule has 0 aromatic carbocycles. The number of rotatable bonds is 5. The molecule has 1 saturated carbocycles. The summed E-state index contributed by atoms with van der Waals surface area (Å²) in [5.41, 5.74) is 1.18. The molecule has 4 N–H and O–H groups in total. The Hall–Kier alpha value is -0.940. The summed E-state index contributed by atoms with van der Waals surface area (Å²) in [6, 6.07) is 0.314. The van der Waals surface area contributed by atoms with Crippen LogP contribution in [-0.4, -0.2) is 36.7 Å². The van der Waals surface area contributed by atoms with Gasteiger partial charge in [-0.3, -0.25) is 0 Å². The van der Waals surface area contributed by atoms with Gasteiger partial charge in [0.2, 0.25) is 0 Å². The molecule has 0 amide bonds. The van der Waals surface area contributed by atoms with Gasteiger partial charge in [-0.05, 0) is 32.7 Å². The van der Waals surface area contributed by atoms with Gasteiger partial charge in [0.05, 0.1) is 12.3 Å². The van der Waals surface area contributed by atoms with Gasteiger partial charge >= 0.3 is 0 Å². The Morgan fingerprint density at radius 3 is 2.94 bits per heavy atom. The second-order valence-corrected chi connectivity index (χ2v) is 4.87. The third-order valence-electron chi connectivity index (χ3n) is 3.25. The van der Waals surface area contributed by atoms with Crippen molar-refractivity contribution in [3.8, 4) is 0 Å². The number of nitrogens with one attached hydrogen (secondary N) is 2. The lowest BCUT2D eigenvalue weighted by molar-refractivity contribution is 0.0761. The quantitative estimate of drug-likeness (QED) is 0.515. The highest BCUT2D eigenvalue weighted by Crippen LogP contribution is 2.16. The SMILES string of the molecule is CCN[C@H](C)COC1CCCCCC(=N)C1=NN. The zero-order chi connectivity index (χ0) is 13.4. The molecular weight excluding hydrogens is 228 g/mol. The minimum absolute atomic E-state index is 0.107.